The molecule has 0 bridgehead atoms. The Bertz CT molecular complexity index is 257. The molecule has 0 saturated heterocycles. The SMILES string of the molecule is CC1CCCCC1N(C)C(=O)CCC(C)(C)N. The van der Waals surface area contributed by atoms with Crippen LogP contribution >= 0.6 is 0 Å². The third kappa shape index (κ3) is 4.66. The smallest absolute Gasteiger partial charge is 0.222 e. The Morgan fingerprint density at radius 1 is 1.35 bits per heavy atom. The van der Waals surface area contributed by atoms with Crippen LogP contribution in [0.3, 0.4) is 0 Å². The first-order chi connectivity index (χ1) is 7.81. The molecule has 1 saturated carbocycles. The van der Waals surface area contributed by atoms with Crippen LogP contribution in [0.5, 0.6) is 0 Å². The first-order valence-electron chi connectivity index (χ1n) is 6.86. The minimum Gasteiger partial charge on any atom is -0.343 e. The fourth-order valence-electron chi connectivity index (χ4n) is 2.66. The van der Waals surface area contributed by atoms with Crippen LogP contribution in [-0.2, 0) is 4.79 Å². The number of amides is 1. The number of hydrogen-bond acceptors (Lipinski definition) is 2. The molecule has 0 aromatic carbocycles. The molecule has 1 rings (SSSR count). The summed E-state index contributed by atoms with van der Waals surface area (Å²) < 4.78 is 0. The summed E-state index contributed by atoms with van der Waals surface area (Å²) in [6.45, 7) is 6.22. The topological polar surface area (TPSA) is 46.3 Å². The molecule has 2 atom stereocenters. The summed E-state index contributed by atoms with van der Waals surface area (Å²) in [6.07, 6.45) is 6.32. The third-order valence-electron chi connectivity index (χ3n) is 3.94. The lowest BCUT2D eigenvalue weighted by molar-refractivity contribution is -0.133. The van der Waals surface area contributed by atoms with Crippen molar-refractivity contribution in [3.05, 3.63) is 0 Å². The lowest BCUT2D eigenvalue weighted by Crippen LogP contribution is -2.43. The van der Waals surface area contributed by atoms with Crippen LogP contribution in [0.2, 0.25) is 0 Å². The number of rotatable bonds is 4. The summed E-state index contributed by atoms with van der Waals surface area (Å²) >= 11 is 0. The van der Waals surface area contributed by atoms with Crippen molar-refractivity contribution in [1.29, 1.82) is 0 Å². The third-order valence-corrected chi connectivity index (χ3v) is 3.94. The van der Waals surface area contributed by atoms with E-state index < -0.39 is 0 Å². The molecule has 2 unspecified atom stereocenters. The molecule has 0 aromatic rings. The standard InChI is InChI=1S/C14H28N2O/c1-11-7-5-6-8-12(11)16(4)13(17)9-10-14(2,3)15/h11-12H,5-10,15H2,1-4H3. The van der Waals surface area contributed by atoms with E-state index in [4.69, 9.17) is 5.73 Å². The Morgan fingerprint density at radius 3 is 2.47 bits per heavy atom. The second-order valence-electron chi connectivity index (χ2n) is 6.32. The van der Waals surface area contributed by atoms with Crippen LogP contribution in [-0.4, -0.2) is 29.4 Å². The maximum atomic E-state index is 12.1. The van der Waals surface area contributed by atoms with Crippen molar-refractivity contribution >= 4 is 5.91 Å². The van der Waals surface area contributed by atoms with E-state index in [1.165, 1.54) is 19.3 Å². The van der Waals surface area contributed by atoms with Gasteiger partial charge in [0, 0.05) is 25.0 Å². The zero-order chi connectivity index (χ0) is 13.1. The van der Waals surface area contributed by atoms with Gasteiger partial charge in [-0.1, -0.05) is 19.8 Å². The molecule has 0 aliphatic heterocycles. The van der Waals surface area contributed by atoms with E-state index in [0.29, 0.717) is 18.4 Å². The quantitative estimate of drug-likeness (QED) is 0.821. The van der Waals surface area contributed by atoms with Crippen molar-refractivity contribution in [3.63, 3.8) is 0 Å². The molecule has 1 aliphatic carbocycles. The van der Waals surface area contributed by atoms with Crippen molar-refractivity contribution in [2.45, 2.75) is 70.9 Å². The van der Waals surface area contributed by atoms with Crippen LogP contribution in [0.4, 0.5) is 0 Å². The summed E-state index contributed by atoms with van der Waals surface area (Å²) in [5, 5.41) is 0. The van der Waals surface area contributed by atoms with Crippen LogP contribution in [0.1, 0.15) is 59.3 Å². The fraction of sp³-hybridized carbons (Fsp3) is 0.929. The molecule has 3 nitrogen and oxygen atoms in total. The Balaban J connectivity index is 2.45. The molecule has 17 heavy (non-hydrogen) atoms. The van der Waals surface area contributed by atoms with Gasteiger partial charge in [0.15, 0.2) is 0 Å². The first-order valence-corrected chi connectivity index (χ1v) is 6.86. The molecule has 0 heterocycles. The second-order valence-corrected chi connectivity index (χ2v) is 6.32. The molecule has 0 aromatic heterocycles. The maximum Gasteiger partial charge on any atom is 0.222 e. The zero-order valence-corrected chi connectivity index (χ0v) is 11.8. The number of hydrogen-bond donors (Lipinski definition) is 1. The number of carbonyl (C=O) groups excluding carboxylic acids is 1. The average molecular weight is 240 g/mol. The van der Waals surface area contributed by atoms with Crippen molar-refractivity contribution in [1.82, 2.24) is 4.90 Å². The number of carbonyl (C=O) groups is 1. The van der Waals surface area contributed by atoms with Crippen LogP contribution in [0, 0.1) is 5.92 Å². The minimum atomic E-state index is -0.241. The average Bonchev–Trinajstić information content (AvgIpc) is 2.24. The molecule has 1 fully saturated rings. The van der Waals surface area contributed by atoms with E-state index >= 15 is 0 Å². The Hall–Kier alpha value is -0.570. The number of nitrogens with zero attached hydrogens (tertiary/aromatic N) is 1. The van der Waals surface area contributed by atoms with Gasteiger partial charge in [0.2, 0.25) is 5.91 Å². The maximum absolute atomic E-state index is 12.1. The molecule has 0 radical (unpaired) electrons. The van der Waals surface area contributed by atoms with Gasteiger partial charge in [-0.15, -0.1) is 0 Å². The van der Waals surface area contributed by atoms with Crippen LogP contribution in [0.25, 0.3) is 0 Å². The van der Waals surface area contributed by atoms with E-state index in [0.717, 1.165) is 12.8 Å². The van der Waals surface area contributed by atoms with Crippen molar-refractivity contribution < 1.29 is 4.79 Å². The van der Waals surface area contributed by atoms with Gasteiger partial charge in [0.1, 0.15) is 0 Å². The monoisotopic (exact) mass is 240 g/mol. The Kier molecular flexibility index (Phi) is 4.99. The van der Waals surface area contributed by atoms with Gasteiger partial charge in [0.05, 0.1) is 0 Å². The van der Waals surface area contributed by atoms with Gasteiger partial charge < -0.3 is 10.6 Å². The van der Waals surface area contributed by atoms with E-state index in [2.05, 4.69) is 6.92 Å². The molecule has 0 spiro atoms. The predicted octanol–water partition coefficient (Wildman–Crippen LogP) is 2.54. The van der Waals surface area contributed by atoms with E-state index in [1.54, 1.807) is 0 Å². The largest absolute Gasteiger partial charge is 0.343 e. The van der Waals surface area contributed by atoms with Gasteiger partial charge in [-0.3, -0.25) is 4.79 Å². The molecular formula is C14H28N2O. The highest BCUT2D eigenvalue weighted by Gasteiger charge is 2.28. The summed E-state index contributed by atoms with van der Waals surface area (Å²) in [7, 11) is 1.96. The summed E-state index contributed by atoms with van der Waals surface area (Å²) in [5.41, 5.74) is 5.68. The highest BCUT2D eigenvalue weighted by molar-refractivity contribution is 5.76. The second kappa shape index (κ2) is 5.85. The summed E-state index contributed by atoms with van der Waals surface area (Å²) in [5.74, 6) is 0.894. The van der Waals surface area contributed by atoms with Gasteiger partial charge in [-0.2, -0.15) is 0 Å². The van der Waals surface area contributed by atoms with Crippen molar-refractivity contribution in [3.8, 4) is 0 Å². The fourth-order valence-corrected chi connectivity index (χ4v) is 2.66. The van der Waals surface area contributed by atoms with Crippen LogP contribution < -0.4 is 5.73 Å². The van der Waals surface area contributed by atoms with Crippen LogP contribution in [0.15, 0.2) is 0 Å². The molecule has 1 amide bonds. The Morgan fingerprint density at radius 2 is 1.94 bits per heavy atom. The predicted molar refractivity (Wildman–Crippen MR) is 71.7 cm³/mol. The van der Waals surface area contributed by atoms with E-state index in [9.17, 15) is 4.79 Å². The highest BCUT2D eigenvalue weighted by Crippen LogP contribution is 2.27. The highest BCUT2D eigenvalue weighted by atomic mass is 16.2. The zero-order valence-electron chi connectivity index (χ0n) is 11.8. The minimum absolute atomic E-state index is 0.241. The molecular weight excluding hydrogens is 212 g/mol. The van der Waals surface area contributed by atoms with Gasteiger partial charge >= 0.3 is 0 Å². The lowest BCUT2D eigenvalue weighted by Gasteiger charge is -2.36. The molecule has 3 heteroatoms. The van der Waals surface area contributed by atoms with Gasteiger partial charge in [-0.25, -0.2) is 0 Å². The molecule has 100 valence electrons. The van der Waals surface area contributed by atoms with Gasteiger partial charge in [0.25, 0.3) is 0 Å². The summed E-state index contributed by atoms with van der Waals surface area (Å²) in [6, 6.07) is 0.442. The number of nitrogens with two attached hydrogens (primary N) is 1. The van der Waals surface area contributed by atoms with Crippen molar-refractivity contribution in [2.24, 2.45) is 11.7 Å². The lowest BCUT2D eigenvalue weighted by atomic mass is 9.85. The van der Waals surface area contributed by atoms with E-state index in [-0.39, 0.29) is 11.4 Å². The normalized spacial score (nSPS) is 25.7. The Labute approximate surface area is 106 Å². The van der Waals surface area contributed by atoms with E-state index in [1.807, 2.05) is 25.8 Å². The summed E-state index contributed by atoms with van der Waals surface area (Å²) in [4.78, 5) is 14.1. The first kappa shape index (κ1) is 14.5. The van der Waals surface area contributed by atoms with Gasteiger partial charge in [-0.05, 0) is 39.0 Å². The van der Waals surface area contributed by atoms with Crippen molar-refractivity contribution in [2.75, 3.05) is 7.05 Å². The molecule has 2 N–H and O–H groups in total. The molecule has 1 aliphatic rings.